The molecule has 0 aromatic rings. The summed E-state index contributed by atoms with van der Waals surface area (Å²) in [7, 11) is 0. The highest BCUT2D eigenvalue weighted by molar-refractivity contribution is 5.78. The van der Waals surface area contributed by atoms with Crippen molar-refractivity contribution in [3.63, 3.8) is 0 Å². The first kappa shape index (κ1) is 12.2. The van der Waals surface area contributed by atoms with Gasteiger partial charge in [0.1, 0.15) is 13.3 Å². The second-order valence-corrected chi connectivity index (χ2v) is 4.93. The van der Waals surface area contributed by atoms with E-state index in [1.54, 1.807) is 0 Å². The SMILES string of the molecule is CC(C)=CC1C(C(=O)OCCF)C1(C)C. The van der Waals surface area contributed by atoms with Gasteiger partial charge >= 0.3 is 5.97 Å². The molecular weight excluding hydrogens is 195 g/mol. The molecule has 0 saturated heterocycles. The van der Waals surface area contributed by atoms with Crippen LogP contribution in [-0.4, -0.2) is 19.3 Å². The lowest BCUT2D eigenvalue weighted by atomic mass is 10.1. The number of hydrogen-bond acceptors (Lipinski definition) is 2. The van der Waals surface area contributed by atoms with E-state index in [0.717, 1.165) is 0 Å². The summed E-state index contributed by atoms with van der Waals surface area (Å²) in [6.07, 6.45) is 2.10. The summed E-state index contributed by atoms with van der Waals surface area (Å²) in [5.41, 5.74) is 1.17. The van der Waals surface area contributed by atoms with Crippen LogP contribution in [0, 0.1) is 17.3 Å². The lowest BCUT2D eigenvalue weighted by Crippen LogP contribution is -2.12. The largest absolute Gasteiger partial charge is 0.463 e. The molecule has 0 N–H and O–H groups in total. The molecule has 0 aromatic heterocycles. The van der Waals surface area contributed by atoms with E-state index >= 15 is 0 Å². The van der Waals surface area contributed by atoms with Crippen molar-refractivity contribution in [1.82, 2.24) is 0 Å². The second-order valence-electron chi connectivity index (χ2n) is 4.93. The third kappa shape index (κ3) is 2.58. The average molecular weight is 214 g/mol. The van der Waals surface area contributed by atoms with Crippen LogP contribution in [0.5, 0.6) is 0 Å². The van der Waals surface area contributed by atoms with E-state index in [2.05, 4.69) is 6.08 Å². The zero-order chi connectivity index (χ0) is 11.6. The van der Waals surface area contributed by atoms with E-state index in [-0.39, 0.29) is 29.8 Å². The Balaban J connectivity index is 2.58. The summed E-state index contributed by atoms with van der Waals surface area (Å²) < 4.78 is 16.7. The van der Waals surface area contributed by atoms with Crippen LogP contribution in [0.1, 0.15) is 27.7 Å². The summed E-state index contributed by atoms with van der Waals surface area (Å²) in [4.78, 5) is 11.6. The third-order valence-corrected chi connectivity index (χ3v) is 3.00. The Bertz CT molecular complexity index is 277. The molecule has 0 amide bonds. The lowest BCUT2D eigenvalue weighted by molar-refractivity contribution is -0.146. The Morgan fingerprint density at radius 2 is 2.07 bits per heavy atom. The molecule has 0 spiro atoms. The number of esters is 1. The fraction of sp³-hybridized carbons (Fsp3) is 0.750. The quantitative estimate of drug-likeness (QED) is 0.531. The predicted octanol–water partition coefficient (Wildman–Crippen LogP) is 2.74. The molecule has 3 heteroatoms. The minimum Gasteiger partial charge on any atom is -0.463 e. The molecule has 0 radical (unpaired) electrons. The van der Waals surface area contributed by atoms with Crippen molar-refractivity contribution >= 4 is 5.97 Å². The highest BCUT2D eigenvalue weighted by atomic mass is 19.1. The van der Waals surface area contributed by atoms with E-state index in [1.807, 2.05) is 27.7 Å². The lowest BCUT2D eigenvalue weighted by Gasteiger charge is -2.02. The number of hydrogen-bond donors (Lipinski definition) is 0. The van der Waals surface area contributed by atoms with E-state index in [1.165, 1.54) is 5.57 Å². The number of ether oxygens (including phenoxy) is 1. The number of carbonyl (C=O) groups excluding carboxylic acids is 1. The molecule has 1 fully saturated rings. The van der Waals surface area contributed by atoms with Crippen LogP contribution in [-0.2, 0) is 9.53 Å². The molecule has 1 rings (SSSR count). The normalized spacial score (nSPS) is 27.0. The minimum absolute atomic E-state index is 0.0370. The van der Waals surface area contributed by atoms with Gasteiger partial charge in [-0.2, -0.15) is 0 Å². The Morgan fingerprint density at radius 1 is 1.47 bits per heavy atom. The Labute approximate surface area is 90.5 Å². The van der Waals surface area contributed by atoms with Gasteiger partial charge in [0.15, 0.2) is 0 Å². The van der Waals surface area contributed by atoms with Crippen LogP contribution in [0.3, 0.4) is 0 Å². The van der Waals surface area contributed by atoms with Crippen molar-refractivity contribution < 1.29 is 13.9 Å². The van der Waals surface area contributed by atoms with Crippen molar-refractivity contribution in [2.24, 2.45) is 17.3 Å². The van der Waals surface area contributed by atoms with Gasteiger partial charge in [-0.3, -0.25) is 4.79 Å². The van der Waals surface area contributed by atoms with Crippen LogP contribution in [0.2, 0.25) is 0 Å². The fourth-order valence-corrected chi connectivity index (χ4v) is 2.03. The molecule has 0 bridgehead atoms. The number of alkyl halides is 1. The number of carbonyl (C=O) groups is 1. The monoisotopic (exact) mass is 214 g/mol. The van der Waals surface area contributed by atoms with Crippen LogP contribution in [0.25, 0.3) is 0 Å². The predicted molar refractivity (Wildman–Crippen MR) is 57.1 cm³/mol. The maximum absolute atomic E-state index is 11.8. The number of allylic oxidation sites excluding steroid dienone is 2. The van der Waals surface area contributed by atoms with Gasteiger partial charge in [-0.15, -0.1) is 0 Å². The number of halogens is 1. The zero-order valence-corrected chi connectivity index (χ0v) is 9.84. The first-order chi connectivity index (χ1) is 6.91. The maximum atomic E-state index is 11.8. The summed E-state index contributed by atoms with van der Waals surface area (Å²) in [6.45, 7) is 7.38. The molecule has 0 aliphatic heterocycles. The van der Waals surface area contributed by atoms with Crippen LogP contribution < -0.4 is 0 Å². The zero-order valence-electron chi connectivity index (χ0n) is 9.84. The molecule has 0 heterocycles. The smallest absolute Gasteiger partial charge is 0.310 e. The van der Waals surface area contributed by atoms with Gasteiger partial charge in [-0.05, 0) is 25.2 Å². The van der Waals surface area contributed by atoms with E-state index in [0.29, 0.717) is 0 Å². The fourth-order valence-electron chi connectivity index (χ4n) is 2.03. The van der Waals surface area contributed by atoms with E-state index in [9.17, 15) is 9.18 Å². The van der Waals surface area contributed by atoms with Gasteiger partial charge in [0.25, 0.3) is 0 Å². The molecule has 2 unspecified atom stereocenters. The van der Waals surface area contributed by atoms with E-state index < -0.39 is 6.67 Å². The highest BCUT2D eigenvalue weighted by Gasteiger charge is 2.61. The molecule has 1 aliphatic rings. The van der Waals surface area contributed by atoms with Crippen LogP contribution >= 0.6 is 0 Å². The molecule has 0 aromatic carbocycles. The first-order valence-corrected chi connectivity index (χ1v) is 5.29. The molecule has 86 valence electrons. The van der Waals surface area contributed by atoms with Gasteiger partial charge < -0.3 is 4.74 Å². The van der Waals surface area contributed by atoms with Gasteiger partial charge in [0.2, 0.25) is 0 Å². The standard InChI is InChI=1S/C12H19FO2/c1-8(2)7-9-10(12(9,3)4)11(14)15-6-5-13/h7,9-10H,5-6H2,1-4H3. The van der Waals surface area contributed by atoms with Crippen LogP contribution in [0.15, 0.2) is 11.6 Å². The molecule has 2 nitrogen and oxygen atoms in total. The van der Waals surface area contributed by atoms with Gasteiger partial charge in [0.05, 0.1) is 5.92 Å². The van der Waals surface area contributed by atoms with Crippen LogP contribution in [0.4, 0.5) is 4.39 Å². The molecular formula is C12H19FO2. The molecule has 1 aliphatic carbocycles. The van der Waals surface area contributed by atoms with Gasteiger partial charge in [0, 0.05) is 0 Å². The van der Waals surface area contributed by atoms with Crippen molar-refractivity contribution in [2.75, 3.05) is 13.3 Å². The topological polar surface area (TPSA) is 26.3 Å². The summed E-state index contributed by atoms with van der Waals surface area (Å²) in [5, 5.41) is 0. The highest BCUT2D eigenvalue weighted by Crippen LogP contribution is 2.59. The summed E-state index contributed by atoms with van der Waals surface area (Å²) in [6, 6.07) is 0. The molecule has 1 saturated carbocycles. The van der Waals surface area contributed by atoms with E-state index in [4.69, 9.17) is 4.74 Å². The molecule has 15 heavy (non-hydrogen) atoms. The van der Waals surface area contributed by atoms with Crippen molar-refractivity contribution in [1.29, 1.82) is 0 Å². The van der Waals surface area contributed by atoms with Crippen molar-refractivity contribution in [3.8, 4) is 0 Å². The minimum atomic E-state index is -0.605. The average Bonchev–Trinajstić information content (AvgIpc) is 2.63. The van der Waals surface area contributed by atoms with Crippen molar-refractivity contribution in [3.05, 3.63) is 11.6 Å². The second kappa shape index (κ2) is 4.33. The van der Waals surface area contributed by atoms with Gasteiger partial charge in [-0.1, -0.05) is 25.5 Å². The Hall–Kier alpha value is -0.860. The summed E-state index contributed by atoms with van der Waals surface area (Å²) >= 11 is 0. The maximum Gasteiger partial charge on any atom is 0.310 e. The molecule has 2 atom stereocenters. The van der Waals surface area contributed by atoms with Crippen molar-refractivity contribution in [2.45, 2.75) is 27.7 Å². The van der Waals surface area contributed by atoms with Gasteiger partial charge in [-0.25, -0.2) is 4.39 Å². The Kier molecular flexibility index (Phi) is 3.53. The summed E-state index contributed by atoms with van der Waals surface area (Å²) in [5.74, 6) is -0.117. The third-order valence-electron chi connectivity index (χ3n) is 3.00. The Morgan fingerprint density at radius 3 is 2.53 bits per heavy atom. The number of rotatable bonds is 4. The first-order valence-electron chi connectivity index (χ1n) is 5.29.